The van der Waals surface area contributed by atoms with Crippen LogP contribution < -0.4 is 0 Å². The second-order valence-corrected chi connectivity index (χ2v) is 9.34. The van der Waals surface area contributed by atoms with Crippen LogP contribution in [0, 0.1) is 0 Å². The van der Waals surface area contributed by atoms with Crippen molar-refractivity contribution >= 4 is 7.75 Å². The first-order valence-corrected chi connectivity index (χ1v) is 11.4. The van der Waals surface area contributed by atoms with E-state index < -0.39 is 84.8 Å². The number of benzene rings is 2. The van der Waals surface area contributed by atoms with Gasteiger partial charge in [0.2, 0.25) is 0 Å². The third kappa shape index (κ3) is 7.85. The summed E-state index contributed by atoms with van der Waals surface area (Å²) in [5.74, 6) is -2.20. The van der Waals surface area contributed by atoms with Gasteiger partial charge in [0, 0.05) is 19.0 Å². The first-order valence-electron chi connectivity index (χ1n) is 9.84. The van der Waals surface area contributed by atoms with Crippen LogP contribution in [-0.2, 0) is 29.3 Å². The topological polar surface area (TPSA) is 60.8 Å². The van der Waals surface area contributed by atoms with Gasteiger partial charge in [-0.3, -0.25) is 0 Å². The van der Waals surface area contributed by atoms with E-state index in [-0.39, 0.29) is 41.1 Å². The van der Waals surface area contributed by atoms with Crippen molar-refractivity contribution in [1.29, 1.82) is 0 Å². The van der Waals surface area contributed by atoms with Gasteiger partial charge in [-0.25, -0.2) is 9.24 Å². The summed E-state index contributed by atoms with van der Waals surface area (Å²) in [6.07, 6.45) is -21.7. The molecule has 2 aromatic carbocycles. The van der Waals surface area contributed by atoms with Gasteiger partial charge in [0.25, 0.3) is 0 Å². The van der Waals surface area contributed by atoms with Crippen LogP contribution in [0.15, 0.2) is 36.4 Å². The highest BCUT2D eigenvalue weighted by Crippen LogP contribution is 2.46. The number of alkyl halides is 12. The minimum absolute atomic E-state index is 0.0704. The SMILES string of the molecule is CCN(CC(c1cc(C(F)(F)F)cc(C(F)(F)F)c1)c1cc(C(F)(F)F)cc(C(F)(F)F)c1)P(=O)(O)O. The molecule has 0 fully saturated rings. The Morgan fingerprint density at radius 2 is 0.919 bits per heavy atom. The van der Waals surface area contributed by atoms with E-state index in [1.165, 1.54) is 0 Å². The first kappa shape index (κ1) is 30.9. The Labute approximate surface area is 200 Å². The monoisotopic (exact) mass is 577 g/mol. The van der Waals surface area contributed by atoms with Gasteiger partial charge in [-0.1, -0.05) is 6.92 Å². The first-order chi connectivity index (χ1) is 16.4. The Balaban J connectivity index is 2.97. The van der Waals surface area contributed by atoms with Gasteiger partial charge in [0.1, 0.15) is 0 Å². The normalized spacial score (nSPS) is 14.1. The van der Waals surface area contributed by atoms with Crippen LogP contribution in [0.1, 0.15) is 46.2 Å². The molecule has 0 aliphatic heterocycles. The summed E-state index contributed by atoms with van der Waals surface area (Å²) in [6, 6.07) is -0.341. The molecule has 0 saturated heterocycles. The van der Waals surface area contributed by atoms with Crippen LogP contribution in [0.5, 0.6) is 0 Å². The van der Waals surface area contributed by atoms with Crippen LogP contribution in [0.2, 0.25) is 0 Å². The molecule has 0 radical (unpaired) electrons. The van der Waals surface area contributed by atoms with Crippen molar-refractivity contribution in [1.82, 2.24) is 4.67 Å². The van der Waals surface area contributed by atoms with Crippen LogP contribution in [0.25, 0.3) is 0 Å². The number of hydrogen-bond donors (Lipinski definition) is 2. The predicted octanol–water partition coefficient (Wildman–Crippen LogP) is 7.31. The molecule has 4 nitrogen and oxygen atoms in total. The standard InChI is InChI=1S/C20H16F12NO3P/c1-2-33(37(34,35)36)9-16(10-3-12(17(21,22)23)7-13(4-10)18(24,25)26)11-5-14(19(27,28)29)8-15(6-11)20(30,31)32/h3-8,16H,2,9H2,1H3,(H2,34,35,36). The Morgan fingerprint density at radius 3 is 1.11 bits per heavy atom. The van der Waals surface area contributed by atoms with E-state index in [9.17, 15) is 67.0 Å². The zero-order chi connectivity index (χ0) is 28.8. The van der Waals surface area contributed by atoms with Crippen LogP contribution in [-0.4, -0.2) is 27.5 Å². The summed E-state index contributed by atoms with van der Waals surface area (Å²) in [5.41, 5.74) is -9.84. The van der Waals surface area contributed by atoms with Crippen molar-refractivity contribution in [3.8, 4) is 0 Å². The maximum Gasteiger partial charge on any atom is 0.416 e. The molecule has 2 N–H and O–H groups in total. The summed E-state index contributed by atoms with van der Waals surface area (Å²) in [5, 5.41) is 0. The summed E-state index contributed by atoms with van der Waals surface area (Å²) >= 11 is 0. The van der Waals surface area contributed by atoms with E-state index in [4.69, 9.17) is 0 Å². The average Bonchev–Trinajstić information content (AvgIpc) is 2.70. The number of nitrogens with zero attached hydrogens (tertiary/aromatic N) is 1. The Morgan fingerprint density at radius 1 is 0.649 bits per heavy atom. The molecule has 0 amide bonds. The molecule has 0 spiro atoms. The molecule has 0 bridgehead atoms. The Hall–Kier alpha value is -2.29. The molecule has 2 rings (SSSR count). The quantitative estimate of drug-likeness (QED) is 0.279. The molecule has 208 valence electrons. The third-order valence-corrected chi connectivity index (χ3v) is 6.33. The van der Waals surface area contributed by atoms with Crippen molar-refractivity contribution < 1.29 is 67.0 Å². The Bertz CT molecular complexity index is 1030. The molecule has 0 unspecified atom stereocenters. The van der Waals surface area contributed by atoms with Gasteiger partial charge in [0.05, 0.1) is 22.3 Å². The van der Waals surface area contributed by atoms with E-state index in [2.05, 4.69) is 0 Å². The smallest absolute Gasteiger partial charge is 0.312 e. The molecule has 37 heavy (non-hydrogen) atoms. The van der Waals surface area contributed by atoms with Crippen molar-refractivity contribution in [2.24, 2.45) is 0 Å². The lowest BCUT2D eigenvalue weighted by Gasteiger charge is -2.29. The second-order valence-electron chi connectivity index (χ2n) is 7.75. The molecule has 0 aliphatic carbocycles. The number of halogens is 12. The highest BCUT2D eigenvalue weighted by Gasteiger charge is 2.41. The van der Waals surface area contributed by atoms with Crippen molar-refractivity contribution in [2.45, 2.75) is 37.5 Å². The number of rotatable bonds is 6. The lowest BCUT2D eigenvalue weighted by molar-refractivity contribution is -0.144. The Kier molecular flexibility index (Phi) is 8.46. The second kappa shape index (κ2) is 10.1. The maximum absolute atomic E-state index is 13.4. The van der Waals surface area contributed by atoms with Gasteiger partial charge >= 0.3 is 32.5 Å². The summed E-state index contributed by atoms with van der Waals surface area (Å²) in [6.45, 7) is -0.744. The fraction of sp³-hybridized carbons (Fsp3) is 0.400. The van der Waals surface area contributed by atoms with E-state index in [1.54, 1.807) is 0 Å². The fourth-order valence-electron chi connectivity index (χ4n) is 3.39. The average molecular weight is 577 g/mol. The minimum atomic E-state index is -5.42. The minimum Gasteiger partial charge on any atom is -0.312 e. The highest BCUT2D eigenvalue weighted by molar-refractivity contribution is 7.49. The fourth-order valence-corrected chi connectivity index (χ4v) is 4.14. The number of hydrogen-bond acceptors (Lipinski definition) is 1. The molecule has 17 heteroatoms. The largest absolute Gasteiger partial charge is 0.416 e. The van der Waals surface area contributed by atoms with Crippen molar-refractivity contribution in [2.75, 3.05) is 13.1 Å². The molecule has 0 heterocycles. The molecule has 0 atom stereocenters. The van der Waals surface area contributed by atoms with Crippen molar-refractivity contribution in [3.05, 3.63) is 69.8 Å². The zero-order valence-corrected chi connectivity index (χ0v) is 19.1. The van der Waals surface area contributed by atoms with Crippen LogP contribution >= 0.6 is 7.75 Å². The lowest BCUT2D eigenvalue weighted by Crippen LogP contribution is -2.27. The van der Waals surface area contributed by atoms with Crippen molar-refractivity contribution in [3.63, 3.8) is 0 Å². The van der Waals surface area contributed by atoms with E-state index in [0.29, 0.717) is 0 Å². The summed E-state index contributed by atoms with van der Waals surface area (Å²) < 4.78 is 172. The van der Waals surface area contributed by atoms with E-state index >= 15 is 0 Å². The van der Waals surface area contributed by atoms with Gasteiger partial charge in [-0.05, 0) is 47.5 Å². The molecule has 0 aliphatic rings. The van der Waals surface area contributed by atoms with Crippen LogP contribution in [0.3, 0.4) is 0 Å². The van der Waals surface area contributed by atoms with Crippen LogP contribution in [0.4, 0.5) is 52.7 Å². The van der Waals surface area contributed by atoms with Gasteiger partial charge in [-0.2, -0.15) is 52.7 Å². The molecule has 0 saturated carbocycles. The number of likely N-dealkylation sites (N-methyl/N-ethyl adjacent to an activating group) is 1. The highest BCUT2D eigenvalue weighted by atomic mass is 31.2. The molecular weight excluding hydrogens is 561 g/mol. The lowest BCUT2D eigenvalue weighted by atomic mass is 9.86. The van der Waals surface area contributed by atoms with Gasteiger partial charge in [-0.15, -0.1) is 0 Å². The zero-order valence-electron chi connectivity index (χ0n) is 18.2. The van der Waals surface area contributed by atoms with Gasteiger partial charge in [0.15, 0.2) is 0 Å². The summed E-state index contributed by atoms with van der Waals surface area (Å²) in [4.78, 5) is 18.9. The van der Waals surface area contributed by atoms with E-state index in [0.717, 1.165) is 6.92 Å². The molecule has 0 aromatic heterocycles. The third-order valence-electron chi connectivity index (χ3n) is 5.15. The molecular formula is C20H16F12NO3P. The van der Waals surface area contributed by atoms with Gasteiger partial charge < -0.3 is 9.79 Å². The summed E-state index contributed by atoms with van der Waals surface area (Å²) in [7, 11) is -5.30. The predicted molar refractivity (Wildman–Crippen MR) is 104 cm³/mol. The maximum atomic E-state index is 13.4. The van der Waals surface area contributed by atoms with E-state index in [1.807, 2.05) is 0 Å². The molecule has 2 aromatic rings.